The summed E-state index contributed by atoms with van der Waals surface area (Å²) in [6.45, 7) is 2.23. The molecule has 12 aromatic rings. The molecule has 10 aromatic carbocycles. The van der Waals surface area contributed by atoms with Gasteiger partial charge < -0.3 is 4.42 Å². The van der Waals surface area contributed by atoms with E-state index < -0.39 is 0 Å². The Morgan fingerprint density at radius 3 is 1.67 bits per heavy atom. The van der Waals surface area contributed by atoms with E-state index in [0.717, 1.165) is 84.8 Å². The third-order valence-corrected chi connectivity index (χ3v) is 15.0. The van der Waals surface area contributed by atoms with Gasteiger partial charge in [0.25, 0.3) is 0 Å². The Hall–Kier alpha value is -8.44. The van der Waals surface area contributed by atoms with Gasteiger partial charge in [-0.1, -0.05) is 194 Å². The van der Waals surface area contributed by atoms with Crippen LogP contribution in [0.1, 0.15) is 36.5 Å². The van der Waals surface area contributed by atoms with Crippen LogP contribution in [0.15, 0.2) is 244 Å². The van der Waals surface area contributed by atoms with Gasteiger partial charge in [-0.15, -0.1) is 11.3 Å². The van der Waals surface area contributed by atoms with E-state index in [2.05, 4.69) is 231 Å². The maximum atomic E-state index is 6.64. The Balaban J connectivity index is 0.932. The Morgan fingerprint density at radius 2 is 0.913 bits per heavy atom. The van der Waals surface area contributed by atoms with Gasteiger partial charge in [0.1, 0.15) is 11.2 Å². The van der Waals surface area contributed by atoms with Crippen LogP contribution < -0.4 is 0 Å². The van der Waals surface area contributed by atoms with Crippen molar-refractivity contribution in [2.24, 2.45) is 9.98 Å². The van der Waals surface area contributed by atoms with Crippen molar-refractivity contribution >= 4 is 81.5 Å². The molecule has 4 heteroatoms. The molecular formula is C65H44N2OS. The molecule has 3 nitrogen and oxygen atoms in total. The minimum atomic E-state index is 0.706. The van der Waals surface area contributed by atoms with Crippen molar-refractivity contribution in [2.45, 2.75) is 19.8 Å². The molecule has 2 aromatic heterocycles. The summed E-state index contributed by atoms with van der Waals surface area (Å²) in [5.41, 5.74) is 17.6. The zero-order valence-electron chi connectivity index (χ0n) is 38.0. The predicted octanol–water partition coefficient (Wildman–Crippen LogP) is 18.2. The summed E-state index contributed by atoms with van der Waals surface area (Å²) in [5.74, 6) is 0.706. The molecule has 0 unspecified atom stereocenters. The Labute approximate surface area is 404 Å². The van der Waals surface area contributed by atoms with E-state index in [0.29, 0.717) is 5.84 Å². The molecule has 3 heterocycles. The van der Waals surface area contributed by atoms with Gasteiger partial charge in [-0.05, 0) is 117 Å². The first-order chi connectivity index (χ1) is 34.1. The van der Waals surface area contributed by atoms with Crippen LogP contribution >= 0.6 is 11.3 Å². The van der Waals surface area contributed by atoms with E-state index in [-0.39, 0.29) is 0 Å². The molecule has 13 rings (SSSR count). The van der Waals surface area contributed by atoms with Crippen LogP contribution in [0.2, 0.25) is 0 Å². The van der Waals surface area contributed by atoms with E-state index in [1.165, 1.54) is 59.1 Å². The maximum Gasteiger partial charge on any atom is 0.160 e. The fourth-order valence-corrected chi connectivity index (χ4v) is 11.5. The van der Waals surface area contributed by atoms with Crippen LogP contribution in [-0.2, 0) is 0 Å². The number of aliphatic imine (C=N–C) groups is 2. The second-order valence-electron chi connectivity index (χ2n) is 18.0. The highest BCUT2D eigenvalue weighted by atomic mass is 32.1. The normalized spacial score (nSPS) is 15.8. The number of hydrogen-bond donors (Lipinski definition) is 0. The van der Waals surface area contributed by atoms with Crippen molar-refractivity contribution in [2.75, 3.05) is 0 Å². The van der Waals surface area contributed by atoms with E-state index in [1.54, 1.807) is 0 Å². The molecule has 0 saturated carbocycles. The highest BCUT2D eigenvalue weighted by Crippen LogP contribution is 2.44. The minimum absolute atomic E-state index is 0.706. The third kappa shape index (κ3) is 7.29. The number of hydrogen-bond acceptors (Lipinski definition) is 4. The van der Waals surface area contributed by atoms with Gasteiger partial charge in [0, 0.05) is 42.1 Å². The first kappa shape index (κ1) is 40.8. The predicted molar refractivity (Wildman–Crippen MR) is 294 cm³/mol. The highest BCUT2D eigenvalue weighted by molar-refractivity contribution is 7.25. The Morgan fingerprint density at radius 1 is 0.362 bits per heavy atom. The lowest BCUT2D eigenvalue weighted by Gasteiger charge is -2.18. The topological polar surface area (TPSA) is 37.9 Å². The third-order valence-electron chi connectivity index (χ3n) is 13.9. The molecule has 0 N–H and O–H groups in total. The molecule has 0 saturated heterocycles. The summed E-state index contributed by atoms with van der Waals surface area (Å²) in [4.78, 5) is 11.1. The van der Waals surface area contributed by atoms with Gasteiger partial charge in [0.05, 0.1) is 11.4 Å². The zero-order chi connectivity index (χ0) is 45.8. The van der Waals surface area contributed by atoms with E-state index >= 15 is 0 Å². The lowest BCUT2D eigenvalue weighted by molar-refractivity contribution is 0.669. The number of allylic oxidation sites excluding steroid dienone is 1. The molecule has 69 heavy (non-hydrogen) atoms. The maximum absolute atomic E-state index is 6.64. The molecule has 0 bridgehead atoms. The first-order valence-corrected chi connectivity index (χ1v) is 24.5. The van der Waals surface area contributed by atoms with E-state index in [4.69, 9.17) is 14.4 Å². The van der Waals surface area contributed by atoms with E-state index in [9.17, 15) is 0 Å². The SMILES string of the molecule is C/C1=C(c2ccc(-c3ccc(-c4ccccc4)cc3)cc2)/N=C(c2cccc3c(-c4cccc5oc6ccc(-c7cccc8sc9ccccc9c78)cc6c45)cccc23)\N=C(\c2ccccc2)CC1. The largest absolute Gasteiger partial charge is 0.456 e. The van der Waals surface area contributed by atoms with Crippen molar-refractivity contribution in [3.05, 3.63) is 247 Å². The monoisotopic (exact) mass is 900 g/mol. The summed E-state index contributed by atoms with van der Waals surface area (Å²) in [6.07, 6.45) is 1.65. The highest BCUT2D eigenvalue weighted by Gasteiger charge is 2.21. The molecule has 326 valence electrons. The fraction of sp³-hybridized carbons (Fsp3) is 0.0462. The molecule has 0 fully saturated rings. The number of amidine groups is 1. The van der Waals surface area contributed by atoms with Crippen LogP contribution in [0, 0.1) is 0 Å². The zero-order valence-corrected chi connectivity index (χ0v) is 38.8. The van der Waals surface area contributed by atoms with Crippen molar-refractivity contribution in [1.29, 1.82) is 0 Å². The fourth-order valence-electron chi connectivity index (χ4n) is 10.4. The van der Waals surface area contributed by atoms with Gasteiger partial charge in [-0.3, -0.25) is 0 Å². The first-order valence-electron chi connectivity index (χ1n) is 23.7. The molecular weight excluding hydrogens is 857 g/mol. The number of nitrogens with zero attached hydrogens (tertiary/aromatic N) is 2. The minimum Gasteiger partial charge on any atom is -0.456 e. The van der Waals surface area contributed by atoms with Crippen molar-refractivity contribution in [3.8, 4) is 44.5 Å². The van der Waals surface area contributed by atoms with Crippen LogP contribution in [-0.4, -0.2) is 11.5 Å². The summed E-state index contributed by atoms with van der Waals surface area (Å²) >= 11 is 1.85. The van der Waals surface area contributed by atoms with Crippen LogP contribution in [0.4, 0.5) is 0 Å². The summed E-state index contributed by atoms with van der Waals surface area (Å²) < 4.78 is 9.24. The second-order valence-corrected chi connectivity index (χ2v) is 19.1. The van der Waals surface area contributed by atoms with Gasteiger partial charge in [-0.25, -0.2) is 9.98 Å². The standard InChI is InChI=1S/C65H44N2OS/c1-41-28-38-57(46-16-6-3-7-17-46)66-65(67-64(41)47-35-33-45(34-36-47)44-31-29-43(30-32-44)42-14-4-2-5-15-42)54-24-11-20-50-51(21-10-22-52(50)54)53-23-12-25-59-62(53)56-40-48(37-39-58(56)68-59)49-19-13-27-61-63(49)55-18-8-9-26-60(55)69-61/h2-27,29-37,39-40H,28,38H2,1H3/b64-41-,66-57+,67-65-. The number of benzene rings is 10. The Kier molecular flexibility index (Phi) is 10.1. The smallest absolute Gasteiger partial charge is 0.160 e. The quantitative estimate of drug-likeness (QED) is 0.157. The van der Waals surface area contributed by atoms with Crippen molar-refractivity contribution < 1.29 is 4.42 Å². The summed E-state index contributed by atoms with van der Waals surface area (Å²) in [6, 6.07) is 80.6. The van der Waals surface area contributed by atoms with Gasteiger partial charge in [0.2, 0.25) is 0 Å². The Bertz CT molecular complexity index is 4040. The molecule has 0 spiro atoms. The number of rotatable bonds is 7. The number of fused-ring (bicyclic) bond motifs is 7. The summed E-state index contributed by atoms with van der Waals surface area (Å²) in [7, 11) is 0. The lowest BCUT2D eigenvalue weighted by atomic mass is 9.91. The van der Waals surface area contributed by atoms with Gasteiger partial charge >= 0.3 is 0 Å². The molecule has 1 aliphatic rings. The number of furan rings is 1. The average molecular weight is 901 g/mol. The van der Waals surface area contributed by atoms with Crippen LogP contribution in [0.3, 0.4) is 0 Å². The molecule has 0 aliphatic carbocycles. The van der Waals surface area contributed by atoms with Crippen molar-refractivity contribution in [1.82, 2.24) is 0 Å². The lowest BCUT2D eigenvalue weighted by Crippen LogP contribution is -2.11. The molecule has 0 atom stereocenters. The van der Waals surface area contributed by atoms with Gasteiger partial charge in [-0.2, -0.15) is 0 Å². The number of thiophene rings is 1. The molecule has 1 aliphatic heterocycles. The second kappa shape index (κ2) is 17.0. The van der Waals surface area contributed by atoms with E-state index in [1.807, 2.05) is 11.3 Å². The molecule has 0 amide bonds. The summed E-state index contributed by atoms with van der Waals surface area (Å²) in [5, 5.41) is 7.04. The van der Waals surface area contributed by atoms with Crippen LogP contribution in [0.25, 0.3) is 103 Å². The average Bonchev–Trinajstić information content (AvgIpc) is 3.99. The van der Waals surface area contributed by atoms with Gasteiger partial charge in [0.15, 0.2) is 5.84 Å². The van der Waals surface area contributed by atoms with Crippen LogP contribution in [0.5, 0.6) is 0 Å². The molecule has 0 radical (unpaired) electrons. The van der Waals surface area contributed by atoms with Crippen molar-refractivity contribution in [3.63, 3.8) is 0 Å².